The largest absolute Gasteiger partial charge is 0.357 e. The van der Waals surface area contributed by atoms with Crippen molar-refractivity contribution in [3.63, 3.8) is 0 Å². The summed E-state index contributed by atoms with van der Waals surface area (Å²) in [6.45, 7) is 5.06. The second kappa shape index (κ2) is 7.75. The van der Waals surface area contributed by atoms with E-state index < -0.39 is 0 Å². The first-order valence-electron chi connectivity index (χ1n) is 11.2. The van der Waals surface area contributed by atoms with E-state index in [-0.39, 0.29) is 0 Å². The number of para-hydroxylation sites is 1. The van der Waals surface area contributed by atoms with Crippen LogP contribution in [0, 0.1) is 13.8 Å². The van der Waals surface area contributed by atoms with Gasteiger partial charge in [0.05, 0.1) is 12.2 Å². The minimum absolute atomic E-state index is 0.761. The molecule has 33 heavy (non-hydrogen) atoms. The lowest BCUT2D eigenvalue weighted by molar-refractivity contribution is 0.773. The number of hydrogen-bond donors (Lipinski definition) is 1. The van der Waals surface area contributed by atoms with E-state index >= 15 is 0 Å². The van der Waals surface area contributed by atoms with E-state index in [2.05, 4.69) is 109 Å². The van der Waals surface area contributed by atoms with Gasteiger partial charge in [-0.25, -0.2) is 9.97 Å². The Kier molecular flexibility index (Phi) is 4.58. The molecular formula is C29H24N4. The molecule has 160 valence electrons. The molecule has 0 unspecified atom stereocenters. The highest BCUT2D eigenvalue weighted by molar-refractivity contribution is 5.80. The molecule has 0 amide bonds. The van der Waals surface area contributed by atoms with E-state index in [4.69, 9.17) is 9.97 Å². The number of benzene rings is 3. The van der Waals surface area contributed by atoms with Crippen LogP contribution in [0.5, 0.6) is 0 Å². The molecule has 1 N–H and O–H groups in total. The number of nitrogens with one attached hydrogen (secondary N) is 1. The monoisotopic (exact) mass is 428 g/mol. The van der Waals surface area contributed by atoms with Crippen molar-refractivity contribution in [2.75, 3.05) is 0 Å². The lowest BCUT2D eigenvalue weighted by Gasteiger charge is -2.06. The van der Waals surface area contributed by atoms with Gasteiger partial charge in [-0.15, -0.1) is 0 Å². The lowest BCUT2D eigenvalue weighted by Crippen LogP contribution is -2.01. The van der Waals surface area contributed by atoms with Gasteiger partial charge in [0.2, 0.25) is 0 Å². The van der Waals surface area contributed by atoms with Crippen LogP contribution >= 0.6 is 0 Å². The Labute approximate surface area is 192 Å². The molecule has 3 heterocycles. The Hall–Kier alpha value is -4.18. The zero-order valence-corrected chi connectivity index (χ0v) is 18.7. The number of aryl methyl sites for hydroxylation is 2. The zero-order valence-electron chi connectivity index (χ0n) is 18.7. The van der Waals surface area contributed by atoms with Gasteiger partial charge in [-0.1, -0.05) is 60.7 Å². The van der Waals surface area contributed by atoms with Crippen LogP contribution in [-0.2, 0) is 6.54 Å². The molecule has 6 rings (SSSR count). The van der Waals surface area contributed by atoms with Crippen LogP contribution in [0.25, 0.3) is 44.8 Å². The summed E-state index contributed by atoms with van der Waals surface area (Å²) in [6, 6.07) is 27.7. The summed E-state index contributed by atoms with van der Waals surface area (Å²) in [5, 5.41) is 1.23. The minimum Gasteiger partial charge on any atom is -0.357 e. The van der Waals surface area contributed by atoms with Gasteiger partial charge in [0, 0.05) is 29.2 Å². The number of aromatic amines is 1. The Bertz CT molecular complexity index is 1520. The van der Waals surface area contributed by atoms with Crippen LogP contribution in [0.2, 0.25) is 0 Å². The molecule has 0 atom stereocenters. The number of aromatic nitrogens is 4. The lowest BCUT2D eigenvalue weighted by atomic mass is 9.99. The van der Waals surface area contributed by atoms with Gasteiger partial charge in [-0.2, -0.15) is 0 Å². The molecule has 0 saturated carbocycles. The summed E-state index contributed by atoms with van der Waals surface area (Å²) in [6.07, 6.45) is 4.13. The summed E-state index contributed by atoms with van der Waals surface area (Å²) < 4.78 is 2.15. The predicted molar refractivity (Wildman–Crippen MR) is 134 cm³/mol. The third kappa shape index (κ3) is 3.70. The summed E-state index contributed by atoms with van der Waals surface area (Å²) in [4.78, 5) is 13.1. The van der Waals surface area contributed by atoms with Crippen molar-refractivity contribution in [1.29, 1.82) is 0 Å². The zero-order chi connectivity index (χ0) is 22.4. The molecule has 2 aliphatic rings. The van der Waals surface area contributed by atoms with E-state index in [9.17, 15) is 0 Å². The quantitative estimate of drug-likeness (QED) is 0.333. The fourth-order valence-corrected chi connectivity index (χ4v) is 4.33. The van der Waals surface area contributed by atoms with E-state index in [0.29, 0.717) is 0 Å². The van der Waals surface area contributed by atoms with Crippen LogP contribution in [0.1, 0.15) is 16.8 Å². The van der Waals surface area contributed by atoms with Gasteiger partial charge in [0.1, 0.15) is 5.69 Å². The van der Waals surface area contributed by atoms with Crippen molar-refractivity contribution in [2.45, 2.75) is 20.4 Å². The fraction of sp³-hybridized carbons (Fsp3) is 0.103. The molecule has 1 aromatic heterocycles. The second-order valence-electron chi connectivity index (χ2n) is 8.69. The highest BCUT2D eigenvalue weighted by atomic mass is 15.0. The minimum atomic E-state index is 0.761. The topological polar surface area (TPSA) is 46.5 Å². The van der Waals surface area contributed by atoms with Crippen molar-refractivity contribution >= 4 is 10.9 Å². The molecule has 0 aliphatic carbocycles. The average molecular weight is 429 g/mol. The summed E-state index contributed by atoms with van der Waals surface area (Å²) in [5.41, 5.74) is 10.2. The van der Waals surface area contributed by atoms with Gasteiger partial charge < -0.3 is 9.55 Å². The Morgan fingerprint density at radius 3 is 2.30 bits per heavy atom. The maximum absolute atomic E-state index is 4.81. The first kappa shape index (κ1) is 19.5. The third-order valence-electron chi connectivity index (χ3n) is 6.35. The van der Waals surface area contributed by atoms with Crippen molar-refractivity contribution in [3.05, 3.63) is 108 Å². The third-order valence-corrected chi connectivity index (χ3v) is 6.35. The number of imidazole rings is 1. The van der Waals surface area contributed by atoms with Crippen molar-refractivity contribution in [3.8, 4) is 33.9 Å². The number of H-pyrrole nitrogens is 1. The average Bonchev–Trinajstić information content (AvgIpc) is 3.44. The smallest absolute Gasteiger partial charge is 0.160 e. The first-order chi connectivity index (χ1) is 16.1. The van der Waals surface area contributed by atoms with Crippen LogP contribution in [0.15, 0.2) is 91.3 Å². The van der Waals surface area contributed by atoms with Crippen molar-refractivity contribution in [1.82, 2.24) is 19.5 Å². The van der Waals surface area contributed by atoms with Crippen LogP contribution in [0.4, 0.5) is 0 Å². The van der Waals surface area contributed by atoms with Gasteiger partial charge in [0.15, 0.2) is 5.82 Å². The molecule has 4 aromatic rings. The molecule has 0 bridgehead atoms. The Morgan fingerprint density at radius 1 is 0.727 bits per heavy atom. The predicted octanol–water partition coefficient (Wildman–Crippen LogP) is 6.86. The molecular weight excluding hydrogens is 404 g/mol. The van der Waals surface area contributed by atoms with Crippen LogP contribution in [0.3, 0.4) is 0 Å². The Morgan fingerprint density at radius 2 is 1.48 bits per heavy atom. The van der Waals surface area contributed by atoms with Gasteiger partial charge in [-0.05, 0) is 59.7 Å². The molecule has 0 spiro atoms. The normalized spacial score (nSPS) is 11.5. The van der Waals surface area contributed by atoms with E-state index in [1.165, 1.54) is 33.3 Å². The summed E-state index contributed by atoms with van der Waals surface area (Å²) in [7, 11) is 0. The fourth-order valence-electron chi connectivity index (χ4n) is 4.33. The number of hydrogen-bond acceptors (Lipinski definition) is 2. The maximum Gasteiger partial charge on any atom is 0.160 e. The standard InChI is InChI=1S/C29H24N4/c1-19-7-8-23(15-20(19)2)21-9-11-22(12-10-21)29-31-27-13-14-33(18-28(27)32-29)17-25-16-24-5-3-4-6-26(24)30-25/h3-16,18,30H,17H2,1-2H3. The SMILES string of the molecule is Cc1ccc(-c2ccc(-c3nc4ccn(Cc5cc6ccccc6[nH]5)cc-4n3)cc2)cc1C. The molecule has 0 saturated heterocycles. The second-order valence-corrected chi connectivity index (χ2v) is 8.69. The molecule has 2 aliphatic heterocycles. The van der Waals surface area contributed by atoms with Gasteiger partial charge in [-0.3, -0.25) is 0 Å². The van der Waals surface area contributed by atoms with Crippen LogP contribution < -0.4 is 0 Å². The van der Waals surface area contributed by atoms with Crippen molar-refractivity contribution < 1.29 is 0 Å². The van der Waals surface area contributed by atoms with Crippen molar-refractivity contribution in [2.24, 2.45) is 0 Å². The molecule has 4 heteroatoms. The summed E-state index contributed by atoms with van der Waals surface area (Å²) in [5.74, 6) is 0.764. The summed E-state index contributed by atoms with van der Waals surface area (Å²) >= 11 is 0. The maximum atomic E-state index is 4.81. The number of nitrogens with zero attached hydrogens (tertiary/aromatic N) is 3. The highest BCUT2D eigenvalue weighted by Gasteiger charge is 2.13. The van der Waals surface area contributed by atoms with E-state index in [1.54, 1.807) is 0 Å². The van der Waals surface area contributed by atoms with E-state index in [0.717, 1.165) is 34.8 Å². The van der Waals surface area contributed by atoms with Gasteiger partial charge >= 0.3 is 0 Å². The number of rotatable bonds is 4. The molecule has 0 radical (unpaired) electrons. The van der Waals surface area contributed by atoms with Gasteiger partial charge in [0.25, 0.3) is 0 Å². The van der Waals surface area contributed by atoms with Crippen LogP contribution in [-0.4, -0.2) is 19.5 Å². The number of pyridine rings is 1. The Balaban J connectivity index is 1.27. The number of fused-ring (bicyclic) bond motifs is 2. The molecule has 3 aromatic carbocycles. The molecule has 0 fully saturated rings. The van der Waals surface area contributed by atoms with E-state index in [1.807, 2.05) is 6.07 Å². The first-order valence-corrected chi connectivity index (χ1v) is 11.2. The highest BCUT2D eigenvalue weighted by Crippen LogP contribution is 2.28. The molecule has 4 nitrogen and oxygen atoms in total.